The second kappa shape index (κ2) is 15.2. The van der Waals surface area contributed by atoms with Crippen LogP contribution in [-0.2, 0) is 32.6 Å². The molecule has 0 spiro atoms. The summed E-state index contributed by atoms with van der Waals surface area (Å²) < 4.78 is 44.1. The van der Waals surface area contributed by atoms with Gasteiger partial charge in [-0.2, -0.15) is 0 Å². The topological polar surface area (TPSA) is 86.8 Å². The number of nitrogens with one attached hydrogen (secondary N) is 1. The predicted molar refractivity (Wildman–Crippen MR) is 176 cm³/mol. The number of halogens is 2. The first-order valence-corrected chi connectivity index (χ1v) is 16.5. The van der Waals surface area contributed by atoms with Crippen LogP contribution < -0.4 is 9.62 Å². The molecule has 0 aliphatic rings. The molecule has 0 aliphatic carbocycles. The molecule has 4 rings (SSSR count). The van der Waals surface area contributed by atoms with Gasteiger partial charge < -0.3 is 10.2 Å². The SMILES string of the molecule is CC[C@H](C)NC(=O)[C@H](Cc1ccccc1)N(Cc1cccc(Cl)c1)C(=O)CN(c1ccccc1F)S(=O)(=O)c1ccc(C)cc1. The molecule has 0 saturated heterocycles. The smallest absolute Gasteiger partial charge is 0.264 e. The van der Waals surface area contributed by atoms with Crippen molar-refractivity contribution in [2.75, 3.05) is 10.8 Å². The first-order chi connectivity index (χ1) is 21.5. The molecule has 2 atom stereocenters. The van der Waals surface area contributed by atoms with Crippen molar-refractivity contribution < 1.29 is 22.4 Å². The van der Waals surface area contributed by atoms with Gasteiger partial charge in [-0.1, -0.05) is 90.8 Å². The number of aryl methyl sites for hydroxylation is 1. The van der Waals surface area contributed by atoms with Crippen molar-refractivity contribution in [2.24, 2.45) is 0 Å². The molecule has 45 heavy (non-hydrogen) atoms. The number of carbonyl (C=O) groups excluding carboxylic acids is 2. The predicted octanol–water partition coefficient (Wildman–Crippen LogP) is 6.54. The van der Waals surface area contributed by atoms with Crippen LogP contribution in [0.15, 0.2) is 108 Å². The zero-order valence-electron chi connectivity index (χ0n) is 25.5. The Morgan fingerprint density at radius 3 is 2.18 bits per heavy atom. The average Bonchev–Trinajstić information content (AvgIpc) is 3.02. The van der Waals surface area contributed by atoms with Gasteiger partial charge in [-0.15, -0.1) is 0 Å². The highest BCUT2D eigenvalue weighted by atomic mass is 35.5. The van der Waals surface area contributed by atoms with Crippen LogP contribution in [0.1, 0.15) is 37.0 Å². The summed E-state index contributed by atoms with van der Waals surface area (Å²) in [5.74, 6) is -1.88. The van der Waals surface area contributed by atoms with Crippen LogP contribution in [0.25, 0.3) is 0 Å². The van der Waals surface area contributed by atoms with E-state index >= 15 is 4.39 Å². The standard InChI is InChI=1S/C35H37ClFN3O4S/c1-4-26(3)38-35(42)33(22-27-11-6-5-7-12-27)39(23-28-13-10-14-29(36)21-28)34(41)24-40(32-16-9-8-15-31(32)37)45(43,44)30-19-17-25(2)18-20-30/h5-21,26,33H,4,22-24H2,1-3H3,(H,38,42)/t26-,33-/m0/s1. The van der Waals surface area contributed by atoms with Gasteiger partial charge >= 0.3 is 0 Å². The van der Waals surface area contributed by atoms with Crippen LogP contribution in [0.2, 0.25) is 5.02 Å². The van der Waals surface area contributed by atoms with Gasteiger partial charge in [0.25, 0.3) is 10.0 Å². The van der Waals surface area contributed by atoms with E-state index in [0.29, 0.717) is 17.0 Å². The van der Waals surface area contributed by atoms with Gasteiger partial charge in [-0.3, -0.25) is 13.9 Å². The molecular formula is C35H37ClFN3O4S. The summed E-state index contributed by atoms with van der Waals surface area (Å²) >= 11 is 6.28. The number of hydrogen-bond donors (Lipinski definition) is 1. The van der Waals surface area contributed by atoms with E-state index in [0.717, 1.165) is 21.5 Å². The van der Waals surface area contributed by atoms with E-state index in [1.807, 2.05) is 51.1 Å². The van der Waals surface area contributed by atoms with E-state index in [4.69, 9.17) is 11.6 Å². The minimum absolute atomic E-state index is 0.0412. The Bertz CT molecular complexity index is 1720. The Labute approximate surface area is 269 Å². The molecule has 0 bridgehead atoms. The number of rotatable bonds is 13. The maximum absolute atomic E-state index is 15.2. The molecule has 0 aromatic heterocycles. The number of carbonyl (C=O) groups is 2. The van der Waals surface area contributed by atoms with E-state index in [2.05, 4.69) is 5.32 Å². The third-order valence-corrected chi connectivity index (χ3v) is 9.53. The molecule has 0 radical (unpaired) electrons. The van der Waals surface area contributed by atoms with E-state index in [9.17, 15) is 18.0 Å². The van der Waals surface area contributed by atoms with Crippen LogP contribution in [-0.4, -0.2) is 43.8 Å². The van der Waals surface area contributed by atoms with Crippen molar-refractivity contribution in [2.45, 2.75) is 57.1 Å². The summed E-state index contributed by atoms with van der Waals surface area (Å²) in [6, 6.07) is 26.5. The number of para-hydroxylation sites is 1. The number of hydrogen-bond acceptors (Lipinski definition) is 4. The van der Waals surface area contributed by atoms with E-state index < -0.39 is 34.3 Å². The highest BCUT2D eigenvalue weighted by Crippen LogP contribution is 2.27. The molecule has 0 fully saturated rings. The van der Waals surface area contributed by atoms with Crippen molar-refractivity contribution in [3.63, 3.8) is 0 Å². The zero-order chi connectivity index (χ0) is 32.6. The van der Waals surface area contributed by atoms with Crippen molar-refractivity contribution in [3.05, 3.63) is 131 Å². The third-order valence-electron chi connectivity index (χ3n) is 7.52. The van der Waals surface area contributed by atoms with Gasteiger partial charge in [0.15, 0.2) is 0 Å². The minimum Gasteiger partial charge on any atom is -0.352 e. The second-order valence-electron chi connectivity index (χ2n) is 11.0. The Kier molecular flexibility index (Phi) is 11.4. The Morgan fingerprint density at radius 2 is 1.53 bits per heavy atom. The largest absolute Gasteiger partial charge is 0.352 e. The highest BCUT2D eigenvalue weighted by molar-refractivity contribution is 7.92. The summed E-state index contributed by atoms with van der Waals surface area (Å²) in [6.07, 6.45) is 0.835. The fraction of sp³-hybridized carbons (Fsp3) is 0.257. The number of benzene rings is 4. The molecule has 1 N–H and O–H groups in total. The van der Waals surface area contributed by atoms with Gasteiger partial charge in [-0.05, 0) is 67.8 Å². The van der Waals surface area contributed by atoms with Crippen LogP contribution in [0.3, 0.4) is 0 Å². The number of sulfonamides is 1. The lowest BCUT2D eigenvalue weighted by Crippen LogP contribution is -2.54. The van der Waals surface area contributed by atoms with Gasteiger partial charge in [-0.25, -0.2) is 12.8 Å². The second-order valence-corrected chi connectivity index (χ2v) is 13.2. The average molecular weight is 650 g/mol. The van der Waals surface area contributed by atoms with Gasteiger partial charge in [0.2, 0.25) is 11.8 Å². The molecular weight excluding hydrogens is 613 g/mol. The van der Waals surface area contributed by atoms with Gasteiger partial charge in [0, 0.05) is 24.0 Å². The Hall–Kier alpha value is -4.21. The Morgan fingerprint density at radius 1 is 0.889 bits per heavy atom. The summed E-state index contributed by atoms with van der Waals surface area (Å²) in [4.78, 5) is 29.6. The highest BCUT2D eigenvalue weighted by Gasteiger charge is 2.35. The quantitative estimate of drug-likeness (QED) is 0.178. The summed E-state index contributed by atoms with van der Waals surface area (Å²) in [7, 11) is -4.41. The van der Waals surface area contributed by atoms with E-state index in [-0.39, 0.29) is 35.5 Å². The molecule has 2 amide bonds. The minimum atomic E-state index is -4.41. The summed E-state index contributed by atoms with van der Waals surface area (Å²) in [5.41, 5.74) is 2.01. The summed E-state index contributed by atoms with van der Waals surface area (Å²) in [6.45, 7) is 4.84. The third kappa shape index (κ3) is 8.71. The van der Waals surface area contributed by atoms with Crippen LogP contribution in [0, 0.1) is 12.7 Å². The number of amides is 2. The van der Waals surface area contributed by atoms with Crippen LogP contribution >= 0.6 is 11.6 Å². The van der Waals surface area contributed by atoms with Crippen molar-refractivity contribution in [1.82, 2.24) is 10.2 Å². The van der Waals surface area contributed by atoms with Gasteiger partial charge in [0.1, 0.15) is 18.4 Å². The van der Waals surface area contributed by atoms with Gasteiger partial charge in [0.05, 0.1) is 10.6 Å². The maximum Gasteiger partial charge on any atom is 0.264 e. The molecule has 4 aromatic rings. The fourth-order valence-corrected chi connectivity index (χ4v) is 6.47. The zero-order valence-corrected chi connectivity index (χ0v) is 27.1. The first-order valence-electron chi connectivity index (χ1n) is 14.7. The van der Waals surface area contributed by atoms with Crippen molar-refractivity contribution in [1.29, 1.82) is 0 Å². The normalized spacial score (nSPS) is 12.6. The molecule has 7 nitrogen and oxygen atoms in total. The molecule has 0 unspecified atom stereocenters. The van der Waals surface area contributed by atoms with E-state index in [1.165, 1.54) is 35.2 Å². The fourth-order valence-electron chi connectivity index (χ4n) is 4.83. The molecule has 0 saturated carbocycles. The molecule has 0 aliphatic heterocycles. The number of anilines is 1. The lowest BCUT2D eigenvalue weighted by Gasteiger charge is -2.34. The van der Waals surface area contributed by atoms with Crippen LogP contribution in [0.5, 0.6) is 0 Å². The molecule has 10 heteroatoms. The van der Waals surface area contributed by atoms with E-state index in [1.54, 1.807) is 36.4 Å². The lowest BCUT2D eigenvalue weighted by atomic mass is 10.0. The molecule has 0 heterocycles. The maximum atomic E-state index is 15.2. The number of nitrogens with zero attached hydrogens (tertiary/aromatic N) is 2. The monoisotopic (exact) mass is 649 g/mol. The first kappa shape index (κ1) is 33.7. The molecule has 236 valence electrons. The summed E-state index contributed by atoms with van der Waals surface area (Å²) in [5, 5.41) is 3.43. The Balaban J connectivity index is 1.82. The van der Waals surface area contributed by atoms with Crippen molar-refractivity contribution in [3.8, 4) is 0 Å². The molecule has 4 aromatic carbocycles. The lowest BCUT2D eigenvalue weighted by molar-refractivity contribution is -0.140. The van der Waals surface area contributed by atoms with Crippen molar-refractivity contribution >= 4 is 39.1 Å². The van der Waals surface area contributed by atoms with Crippen LogP contribution in [0.4, 0.5) is 10.1 Å².